The number of rotatable bonds is 2. The van der Waals surface area contributed by atoms with Crippen molar-refractivity contribution in [1.82, 2.24) is 20.1 Å². The minimum atomic E-state index is -0.130. The van der Waals surface area contributed by atoms with E-state index >= 15 is 0 Å². The molecule has 5 nitrogen and oxygen atoms in total. The Balaban J connectivity index is 2.47. The van der Waals surface area contributed by atoms with Crippen LogP contribution < -0.4 is 0 Å². The first kappa shape index (κ1) is 12.7. The molecule has 96 valence electrons. The highest BCUT2D eigenvalue weighted by Gasteiger charge is 2.23. The summed E-state index contributed by atoms with van der Waals surface area (Å²) < 4.78 is 5.33. The van der Waals surface area contributed by atoms with Crippen molar-refractivity contribution in [1.29, 1.82) is 0 Å². The maximum Gasteiger partial charge on any atom is 0.261 e. The third kappa shape index (κ3) is 2.39. The van der Waals surface area contributed by atoms with E-state index in [-0.39, 0.29) is 11.3 Å². The monoisotopic (exact) mass is 246 g/mol. The second kappa shape index (κ2) is 4.48. The largest absolute Gasteiger partial charge is 0.334 e. The number of hydrogen-bond acceptors (Lipinski definition) is 5. The molecule has 5 heteroatoms. The summed E-state index contributed by atoms with van der Waals surface area (Å²) in [6.07, 6.45) is 3.27. The fourth-order valence-electron chi connectivity index (χ4n) is 1.60. The van der Waals surface area contributed by atoms with Crippen molar-refractivity contribution >= 4 is 0 Å². The fourth-order valence-corrected chi connectivity index (χ4v) is 1.60. The second-order valence-electron chi connectivity index (χ2n) is 5.65. The van der Waals surface area contributed by atoms with Crippen LogP contribution >= 0.6 is 0 Å². The van der Waals surface area contributed by atoms with E-state index in [1.165, 1.54) is 0 Å². The molecule has 0 aliphatic carbocycles. The van der Waals surface area contributed by atoms with Crippen molar-refractivity contribution in [2.45, 2.75) is 46.0 Å². The lowest BCUT2D eigenvalue weighted by atomic mass is 9.96. The van der Waals surface area contributed by atoms with Crippen LogP contribution in [0.5, 0.6) is 0 Å². The Hall–Kier alpha value is -1.78. The summed E-state index contributed by atoms with van der Waals surface area (Å²) in [5, 5.41) is 4.02. The summed E-state index contributed by atoms with van der Waals surface area (Å²) in [5.74, 6) is 1.47. The Kier molecular flexibility index (Phi) is 3.15. The zero-order valence-corrected chi connectivity index (χ0v) is 11.4. The SMILES string of the molecule is CC(C)c1ncncc1-c1nc(C(C)(C)C)no1. The lowest BCUT2D eigenvalue weighted by Crippen LogP contribution is -2.13. The Morgan fingerprint density at radius 2 is 1.94 bits per heavy atom. The van der Waals surface area contributed by atoms with E-state index in [2.05, 4.69) is 34.0 Å². The van der Waals surface area contributed by atoms with Crippen LogP contribution in [-0.4, -0.2) is 20.1 Å². The smallest absolute Gasteiger partial charge is 0.261 e. The molecular weight excluding hydrogens is 228 g/mol. The van der Waals surface area contributed by atoms with E-state index in [0.29, 0.717) is 11.7 Å². The zero-order chi connectivity index (χ0) is 13.3. The molecule has 0 saturated carbocycles. The van der Waals surface area contributed by atoms with Gasteiger partial charge in [0.05, 0.1) is 11.3 Å². The van der Waals surface area contributed by atoms with Gasteiger partial charge in [-0.25, -0.2) is 9.97 Å². The summed E-state index contributed by atoms with van der Waals surface area (Å²) in [7, 11) is 0. The molecule has 0 atom stereocenters. The predicted molar refractivity (Wildman–Crippen MR) is 68.1 cm³/mol. The van der Waals surface area contributed by atoms with Crippen LogP contribution in [0, 0.1) is 0 Å². The van der Waals surface area contributed by atoms with Crippen molar-refractivity contribution in [3.63, 3.8) is 0 Å². The molecule has 0 unspecified atom stereocenters. The Morgan fingerprint density at radius 3 is 2.50 bits per heavy atom. The van der Waals surface area contributed by atoms with Gasteiger partial charge in [0.25, 0.3) is 5.89 Å². The first-order chi connectivity index (χ1) is 8.39. The number of hydrogen-bond donors (Lipinski definition) is 0. The van der Waals surface area contributed by atoms with Gasteiger partial charge in [0.1, 0.15) is 6.33 Å². The molecule has 0 radical (unpaired) electrons. The van der Waals surface area contributed by atoms with Crippen molar-refractivity contribution in [3.8, 4) is 11.5 Å². The number of aromatic nitrogens is 4. The highest BCUT2D eigenvalue weighted by Crippen LogP contribution is 2.27. The summed E-state index contributed by atoms with van der Waals surface area (Å²) in [6.45, 7) is 10.3. The normalized spacial score (nSPS) is 12.1. The summed E-state index contributed by atoms with van der Waals surface area (Å²) >= 11 is 0. The quantitative estimate of drug-likeness (QED) is 0.815. The van der Waals surface area contributed by atoms with E-state index in [4.69, 9.17) is 4.52 Å². The maximum absolute atomic E-state index is 5.33. The molecule has 0 aromatic carbocycles. The van der Waals surface area contributed by atoms with Crippen molar-refractivity contribution < 1.29 is 4.52 Å². The summed E-state index contributed by atoms with van der Waals surface area (Å²) in [4.78, 5) is 12.8. The van der Waals surface area contributed by atoms with E-state index < -0.39 is 0 Å². The summed E-state index contributed by atoms with van der Waals surface area (Å²) in [6, 6.07) is 0. The molecule has 2 heterocycles. The molecule has 0 aliphatic heterocycles. The van der Waals surface area contributed by atoms with Crippen molar-refractivity contribution in [2.75, 3.05) is 0 Å². The van der Waals surface area contributed by atoms with Crippen LogP contribution in [-0.2, 0) is 5.41 Å². The average molecular weight is 246 g/mol. The molecule has 2 aromatic heterocycles. The molecule has 0 spiro atoms. The van der Waals surface area contributed by atoms with Gasteiger partial charge >= 0.3 is 0 Å². The van der Waals surface area contributed by atoms with Gasteiger partial charge in [0.2, 0.25) is 0 Å². The molecule has 0 aliphatic rings. The third-order valence-corrected chi connectivity index (χ3v) is 2.62. The van der Waals surface area contributed by atoms with E-state index in [1.807, 2.05) is 20.8 Å². The van der Waals surface area contributed by atoms with Crippen LogP contribution in [0.1, 0.15) is 52.1 Å². The van der Waals surface area contributed by atoms with Gasteiger partial charge in [-0.2, -0.15) is 4.98 Å². The lowest BCUT2D eigenvalue weighted by Gasteiger charge is -2.11. The zero-order valence-electron chi connectivity index (χ0n) is 11.4. The average Bonchev–Trinajstić information content (AvgIpc) is 2.77. The van der Waals surface area contributed by atoms with Gasteiger partial charge in [0.15, 0.2) is 5.82 Å². The molecule has 2 rings (SSSR count). The van der Waals surface area contributed by atoms with Gasteiger partial charge in [0, 0.05) is 11.6 Å². The molecule has 2 aromatic rings. The fraction of sp³-hybridized carbons (Fsp3) is 0.538. The first-order valence-corrected chi connectivity index (χ1v) is 6.04. The van der Waals surface area contributed by atoms with E-state index in [0.717, 1.165) is 11.3 Å². The van der Waals surface area contributed by atoms with Gasteiger partial charge in [-0.1, -0.05) is 39.8 Å². The van der Waals surface area contributed by atoms with Gasteiger partial charge in [-0.15, -0.1) is 0 Å². The molecule has 0 saturated heterocycles. The number of nitrogens with zero attached hydrogens (tertiary/aromatic N) is 4. The molecule has 18 heavy (non-hydrogen) atoms. The second-order valence-corrected chi connectivity index (χ2v) is 5.65. The lowest BCUT2D eigenvalue weighted by molar-refractivity contribution is 0.402. The topological polar surface area (TPSA) is 64.7 Å². The Morgan fingerprint density at radius 1 is 1.22 bits per heavy atom. The van der Waals surface area contributed by atoms with Crippen LogP contribution in [0.2, 0.25) is 0 Å². The maximum atomic E-state index is 5.33. The molecule has 0 amide bonds. The minimum Gasteiger partial charge on any atom is -0.334 e. The molecular formula is C13H18N4O. The Bertz CT molecular complexity index is 540. The van der Waals surface area contributed by atoms with Gasteiger partial charge in [-0.3, -0.25) is 0 Å². The molecule has 0 bridgehead atoms. The van der Waals surface area contributed by atoms with Crippen molar-refractivity contribution in [2.24, 2.45) is 0 Å². The highest BCUT2D eigenvalue weighted by molar-refractivity contribution is 5.55. The van der Waals surface area contributed by atoms with Crippen LogP contribution in [0.3, 0.4) is 0 Å². The summed E-state index contributed by atoms with van der Waals surface area (Å²) in [5.41, 5.74) is 1.61. The molecule has 0 fully saturated rings. The third-order valence-electron chi connectivity index (χ3n) is 2.62. The Labute approximate surface area is 107 Å². The highest BCUT2D eigenvalue weighted by atomic mass is 16.5. The van der Waals surface area contributed by atoms with Gasteiger partial charge in [-0.05, 0) is 5.92 Å². The standard InChI is InChI=1S/C13H18N4O/c1-8(2)10-9(6-14-7-15-10)11-16-12(17-18-11)13(3,4)5/h6-8H,1-5H3. The first-order valence-electron chi connectivity index (χ1n) is 6.04. The predicted octanol–water partition coefficient (Wildman–Crippen LogP) is 2.95. The molecule has 0 N–H and O–H groups in total. The van der Waals surface area contributed by atoms with Crippen LogP contribution in [0.4, 0.5) is 0 Å². The van der Waals surface area contributed by atoms with E-state index in [1.54, 1.807) is 12.5 Å². The van der Waals surface area contributed by atoms with E-state index in [9.17, 15) is 0 Å². The van der Waals surface area contributed by atoms with Crippen LogP contribution in [0.25, 0.3) is 11.5 Å². The minimum absolute atomic E-state index is 0.130. The van der Waals surface area contributed by atoms with Gasteiger partial charge < -0.3 is 4.52 Å². The van der Waals surface area contributed by atoms with Crippen molar-refractivity contribution in [3.05, 3.63) is 24.0 Å². The van der Waals surface area contributed by atoms with Crippen LogP contribution in [0.15, 0.2) is 17.0 Å².